The Labute approximate surface area is 185 Å². The van der Waals surface area contributed by atoms with Crippen molar-refractivity contribution in [2.75, 3.05) is 58.0 Å². The minimum absolute atomic E-state index is 0. The number of ether oxygens (including phenoxy) is 2. The molecule has 0 amide bonds. The number of methoxy groups -OCH3 is 1. The average Bonchev–Trinajstić information content (AvgIpc) is 3.19. The van der Waals surface area contributed by atoms with E-state index in [0.717, 1.165) is 64.4 Å². The molecule has 2 heterocycles. The molecule has 2 N–H and O–H groups in total. The van der Waals surface area contributed by atoms with Gasteiger partial charge in [-0.25, -0.2) is 0 Å². The predicted molar refractivity (Wildman–Crippen MR) is 126 cm³/mol. The van der Waals surface area contributed by atoms with E-state index in [1.54, 1.807) is 7.11 Å². The number of nitrogens with one attached hydrogen (secondary N) is 2. The minimum atomic E-state index is 0. The SMILES string of the molecule is CCNC(=NCCCCOCCOC)NC1CCN(c2cccs2)CC1.I. The number of aliphatic imine (C=N–C) groups is 1. The summed E-state index contributed by atoms with van der Waals surface area (Å²) in [6, 6.07) is 4.84. The van der Waals surface area contributed by atoms with Crippen LogP contribution < -0.4 is 15.5 Å². The summed E-state index contributed by atoms with van der Waals surface area (Å²) in [7, 11) is 1.69. The van der Waals surface area contributed by atoms with Crippen LogP contribution in [0.4, 0.5) is 5.00 Å². The molecule has 1 aromatic heterocycles. The standard InChI is InChI=1S/C19H34N4O2S.HI/c1-3-20-19(21-10-4-5-13-25-15-14-24-2)22-17-8-11-23(12-9-17)18-7-6-16-26-18;/h6-7,16-17H,3-5,8-15H2,1-2H3,(H2,20,21,22);1H. The van der Waals surface area contributed by atoms with E-state index in [0.29, 0.717) is 19.3 Å². The van der Waals surface area contributed by atoms with Gasteiger partial charge in [0.2, 0.25) is 0 Å². The van der Waals surface area contributed by atoms with Crippen LogP contribution in [0.3, 0.4) is 0 Å². The Hall–Kier alpha value is -0.580. The largest absolute Gasteiger partial charge is 0.382 e. The molecule has 1 aromatic rings. The van der Waals surface area contributed by atoms with Gasteiger partial charge in [0.15, 0.2) is 5.96 Å². The maximum absolute atomic E-state index is 5.48. The highest BCUT2D eigenvalue weighted by Gasteiger charge is 2.20. The van der Waals surface area contributed by atoms with E-state index in [-0.39, 0.29) is 24.0 Å². The lowest BCUT2D eigenvalue weighted by Crippen LogP contribution is -2.48. The Morgan fingerprint density at radius 2 is 2.07 bits per heavy atom. The zero-order chi connectivity index (χ0) is 18.5. The van der Waals surface area contributed by atoms with Gasteiger partial charge in [0.25, 0.3) is 0 Å². The number of hydrogen-bond acceptors (Lipinski definition) is 5. The van der Waals surface area contributed by atoms with Gasteiger partial charge in [-0.3, -0.25) is 4.99 Å². The van der Waals surface area contributed by atoms with Crippen LogP contribution in [-0.4, -0.2) is 65.1 Å². The molecule has 0 unspecified atom stereocenters. The Bertz CT molecular complexity index is 494. The molecule has 0 saturated carbocycles. The third-order valence-electron chi connectivity index (χ3n) is 4.40. The van der Waals surface area contributed by atoms with Crippen molar-refractivity contribution in [3.63, 3.8) is 0 Å². The highest BCUT2D eigenvalue weighted by atomic mass is 127. The van der Waals surface area contributed by atoms with Gasteiger partial charge in [-0.15, -0.1) is 35.3 Å². The highest BCUT2D eigenvalue weighted by Crippen LogP contribution is 2.24. The number of hydrogen-bond donors (Lipinski definition) is 2. The Morgan fingerprint density at radius 3 is 2.74 bits per heavy atom. The second-order valence-corrected chi connectivity index (χ2v) is 7.36. The molecular weight excluding hydrogens is 475 g/mol. The molecular formula is C19H35IN4O2S. The van der Waals surface area contributed by atoms with Crippen LogP contribution in [0.25, 0.3) is 0 Å². The molecule has 156 valence electrons. The number of anilines is 1. The Balaban J connectivity index is 0.00000364. The number of guanidine groups is 1. The maximum atomic E-state index is 5.48. The van der Waals surface area contributed by atoms with Gasteiger partial charge < -0.3 is 25.0 Å². The Kier molecular flexibility index (Phi) is 13.9. The number of rotatable bonds is 11. The molecule has 27 heavy (non-hydrogen) atoms. The molecule has 6 nitrogen and oxygen atoms in total. The number of thiophene rings is 1. The first-order valence-corrected chi connectivity index (χ1v) is 10.6. The zero-order valence-corrected chi connectivity index (χ0v) is 19.8. The van der Waals surface area contributed by atoms with Crippen molar-refractivity contribution in [2.45, 2.75) is 38.6 Å². The van der Waals surface area contributed by atoms with Crippen LogP contribution in [-0.2, 0) is 9.47 Å². The van der Waals surface area contributed by atoms with Crippen molar-refractivity contribution in [1.29, 1.82) is 0 Å². The van der Waals surface area contributed by atoms with Crippen molar-refractivity contribution in [3.05, 3.63) is 17.5 Å². The summed E-state index contributed by atoms with van der Waals surface area (Å²) >= 11 is 1.83. The molecule has 1 fully saturated rings. The van der Waals surface area contributed by atoms with Gasteiger partial charge in [0.05, 0.1) is 18.2 Å². The van der Waals surface area contributed by atoms with E-state index in [1.807, 2.05) is 11.3 Å². The summed E-state index contributed by atoms with van der Waals surface area (Å²) in [4.78, 5) is 7.20. The van der Waals surface area contributed by atoms with E-state index >= 15 is 0 Å². The van der Waals surface area contributed by atoms with E-state index in [4.69, 9.17) is 14.5 Å². The zero-order valence-electron chi connectivity index (χ0n) is 16.6. The van der Waals surface area contributed by atoms with Gasteiger partial charge in [-0.2, -0.15) is 0 Å². The lowest BCUT2D eigenvalue weighted by molar-refractivity contribution is 0.0690. The first-order valence-electron chi connectivity index (χ1n) is 9.73. The van der Waals surface area contributed by atoms with Crippen LogP contribution in [0.15, 0.2) is 22.5 Å². The summed E-state index contributed by atoms with van der Waals surface area (Å²) in [5.74, 6) is 0.947. The van der Waals surface area contributed by atoms with Crippen molar-refractivity contribution in [1.82, 2.24) is 10.6 Å². The smallest absolute Gasteiger partial charge is 0.191 e. The minimum Gasteiger partial charge on any atom is -0.382 e. The third kappa shape index (κ3) is 9.96. The molecule has 1 aliphatic rings. The first-order chi connectivity index (χ1) is 12.8. The second kappa shape index (κ2) is 15.4. The van der Waals surface area contributed by atoms with Crippen molar-refractivity contribution < 1.29 is 9.47 Å². The van der Waals surface area contributed by atoms with Gasteiger partial charge in [-0.1, -0.05) is 0 Å². The first kappa shape index (κ1) is 24.5. The molecule has 1 saturated heterocycles. The van der Waals surface area contributed by atoms with E-state index in [1.165, 1.54) is 5.00 Å². The van der Waals surface area contributed by atoms with E-state index < -0.39 is 0 Å². The van der Waals surface area contributed by atoms with Gasteiger partial charge >= 0.3 is 0 Å². The fraction of sp³-hybridized carbons (Fsp3) is 0.737. The molecule has 0 bridgehead atoms. The molecule has 8 heteroatoms. The van der Waals surface area contributed by atoms with Crippen LogP contribution in [0, 0.1) is 0 Å². The van der Waals surface area contributed by atoms with Crippen molar-refractivity contribution in [2.24, 2.45) is 4.99 Å². The molecule has 0 atom stereocenters. The summed E-state index contributed by atoms with van der Waals surface area (Å²) in [5.41, 5.74) is 0. The lowest BCUT2D eigenvalue weighted by Gasteiger charge is -2.33. The van der Waals surface area contributed by atoms with Gasteiger partial charge in [-0.05, 0) is 50.1 Å². The molecule has 0 aromatic carbocycles. The molecule has 2 rings (SSSR count). The van der Waals surface area contributed by atoms with Crippen LogP contribution >= 0.6 is 35.3 Å². The van der Waals surface area contributed by atoms with Crippen molar-refractivity contribution >= 4 is 46.3 Å². The molecule has 1 aliphatic heterocycles. The predicted octanol–water partition coefficient (Wildman–Crippen LogP) is 3.33. The second-order valence-electron chi connectivity index (χ2n) is 6.43. The molecule has 0 radical (unpaired) electrons. The number of piperidine rings is 1. The number of nitrogens with zero attached hydrogens (tertiary/aromatic N) is 2. The maximum Gasteiger partial charge on any atom is 0.191 e. The van der Waals surface area contributed by atoms with Crippen LogP contribution in [0.5, 0.6) is 0 Å². The normalized spacial score (nSPS) is 15.5. The third-order valence-corrected chi connectivity index (χ3v) is 5.33. The number of halogens is 1. The Morgan fingerprint density at radius 1 is 1.26 bits per heavy atom. The lowest BCUT2D eigenvalue weighted by atomic mass is 10.1. The summed E-state index contributed by atoms with van der Waals surface area (Å²) in [6.45, 7) is 8.17. The quantitative estimate of drug-likeness (QED) is 0.207. The summed E-state index contributed by atoms with van der Waals surface area (Å²) in [5, 5.41) is 10.5. The van der Waals surface area contributed by atoms with Crippen molar-refractivity contribution in [3.8, 4) is 0 Å². The van der Waals surface area contributed by atoms with Gasteiger partial charge in [0, 0.05) is 45.9 Å². The van der Waals surface area contributed by atoms with E-state index in [2.05, 4.69) is 40.0 Å². The summed E-state index contributed by atoms with van der Waals surface area (Å²) < 4.78 is 10.4. The van der Waals surface area contributed by atoms with Gasteiger partial charge in [0.1, 0.15) is 0 Å². The van der Waals surface area contributed by atoms with Crippen LogP contribution in [0.1, 0.15) is 32.6 Å². The fourth-order valence-electron chi connectivity index (χ4n) is 2.96. The van der Waals surface area contributed by atoms with Crippen LogP contribution in [0.2, 0.25) is 0 Å². The average molecular weight is 510 g/mol. The highest BCUT2D eigenvalue weighted by molar-refractivity contribution is 14.0. The topological polar surface area (TPSA) is 58.1 Å². The van der Waals surface area contributed by atoms with E-state index in [9.17, 15) is 0 Å². The number of unbranched alkanes of at least 4 members (excludes halogenated alkanes) is 1. The monoisotopic (exact) mass is 510 g/mol. The molecule has 0 aliphatic carbocycles. The fourth-order valence-corrected chi connectivity index (χ4v) is 3.74. The molecule has 0 spiro atoms. The summed E-state index contributed by atoms with van der Waals surface area (Å²) in [6.07, 6.45) is 4.37.